The van der Waals surface area contributed by atoms with Crippen molar-refractivity contribution in [3.63, 3.8) is 0 Å². The van der Waals surface area contributed by atoms with Crippen LogP contribution in [-0.2, 0) is 6.42 Å². The van der Waals surface area contributed by atoms with Crippen molar-refractivity contribution in [3.05, 3.63) is 162 Å². The summed E-state index contributed by atoms with van der Waals surface area (Å²) in [5.41, 5.74) is 16.2. The maximum atomic E-state index is 4.87. The third kappa shape index (κ3) is 4.14. The van der Waals surface area contributed by atoms with E-state index in [-0.39, 0.29) is 0 Å². The van der Waals surface area contributed by atoms with Gasteiger partial charge in [-0.1, -0.05) is 109 Å². The molecule has 0 spiro atoms. The minimum absolute atomic E-state index is 1.03. The number of benzene rings is 6. The number of rotatable bonds is 4. The molecule has 0 fully saturated rings. The topological polar surface area (TPSA) is 17.8 Å². The van der Waals surface area contributed by atoms with Crippen molar-refractivity contribution in [3.8, 4) is 39.1 Å². The van der Waals surface area contributed by atoms with Crippen LogP contribution in [0.3, 0.4) is 0 Å². The standard InChI is InChI=1S/C44H32N2/c1-29-13-5-10-22-39(29)46-40-25-24-32(28-38(40)44-41(46)23-12-26-45-44)31-16-11-17-33(27-31)43-36-20-8-6-18-34(36)42(30-14-3-2-4-15-30)35-19-7-9-21-37(35)43/h2-8,10-20,22-28H,9,21H2,1H3. The monoisotopic (exact) mass is 588 g/mol. The van der Waals surface area contributed by atoms with E-state index in [2.05, 4.69) is 151 Å². The molecule has 0 saturated heterocycles. The van der Waals surface area contributed by atoms with Crippen LogP contribution in [0.1, 0.15) is 23.1 Å². The average molecular weight is 589 g/mol. The molecule has 2 aromatic heterocycles. The van der Waals surface area contributed by atoms with E-state index in [1.807, 2.05) is 12.3 Å². The molecule has 0 saturated carbocycles. The SMILES string of the molecule is Cc1ccccc1-n1c2ccc(-c3cccc(-c4c5c(c(-c6ccccc6)c6ccccc46)C=CCC5)c3)cc2c2ncccc21. The number of hydrogen-bond donors (Lipinski definition) is 0. The zero-order chi connectivity index (χ0) is 30.6. The summed E-state index contributed by atoms with van der Waals surface area (Å²) in [7, 11) is 0. The van der Waals surface area contributed by atoms with E-state index in [4.69, 9.17) is 4.98 Å². The minimum atomic E-state index is 1.03. The Bertz CT molecular complexity index is 2480. The Morgan fingerprint density at radius 3 is 2.17 bits per heavy atom. The number of allylic oxidation sites excluding steroid dienone is 1. The highest BCUT2D eigenvalue weighted by Gasteiger charge is 2.22. The van der Waals surface area contributed by atoms with Gasteiger partial charge in [-0.05, 0) is 117 Å². The molecule has 9 rings (SSSR count). The summed E-state index contributed by atoms with van der Waals surface area (Å²) in [5, 5.41) is 3.78. The fraction of sp³-hybridized carbons (Fsp3) is 0.0682. The summed E-state index contributed by atoms with van der Waals surface area (Å²) in [5.74, 6) is 0. The molecule has 0 radical (unpaired) electrons. The van der Waals surface area contributed by atoms with Crippen molar-refractivity contribution in [2.45, 2.75) is 19.8 Å². The van der Waals surface area contributed by atoms with Crippen LogP contribution >= 0.6 is 0 Å². The second-order valence-corrected chi connectivity index (χ2v) is 12.3. The molecule has 0 bridgehead atoms. The fourth-order valence-electron chi connectivity index (χ4n) is 7.57. The van der Waals surface area contributed by atoms with Crippen molar-refractivity contribution in [1.82, 2.24) is 9.55 Å². The normalized spacial score (nSPS) is 12.6. The van der Waals surface area contributed by atoms with Gasteiger partial charge >= 0.3 is 0 Å². The van der Waals surface area contributed by atoms with Crippen molar-refractivity contribution in [2.75, 3.05) is 0 Å². The van der Waals surface area contributed by atoms with E-state index in [1.165, 1.54) is 77.4 Å². The average Bonchev–Trinajstić information content (AvgIpc) is 3.44. The summed E-state index contributed by atoms with van der Waals surface area (Å²) < 4.78 is 2.35. The lowest BCUT2D eigenvalue weighted by Gasteiger charge is -2.24. The van der Waals surface area contributed by atoms with Gasteiger partial charge in [-0.15, -0.1) is 0 Å². The fourth-order valence-corrected chi connectivity index (χ4v) is 7.57. The summed E-state index contributed by atoms with van der Waals surface area (Å²) in [4.78, 5) is 4.87. The van der Waals surface area contributed by atoms with Gasteiger partial charge in [0.15, 0.2) is 0 Å². The highest BCUT2D eigenvalue weighted by Crippen LogP contribution is 2.45. The first-order valence-electron chi connectivity index (χ1n) is 16.1. The van der Waals surface area contributed by atoms with Gasteiger partial charge in [0.25, 0.3) is 0 Å². The molecule has 1 aliphatic rings. The van der Waals surface area contributed by atoms with E-state index >= 15 is 0 Å². The smallest absolute Gasteiger partial charge is 0.0963 e. The lowest BCUT2D eigenvalue weighted by molar-refractivity contribution is 0.991. The Morgan fingerprint density at radius 1 is 0.565 bits per heavy atom. The van der Waals surface area contributed by atoms with Crippen LogP contribution in [0.4, 0.5) is 0 Å². The first-order valence-corrected chi connectivity index (χ1v) is 16.1. The second-order valence-electron chi connectivity index (χ2n) is 12.3. The quantitative estimate of drug-likeness (QED) is 0.200. The van der Waals surface area contributed by atoms with Gasteiger partial charge in [-0.3, -0.25) is 4.98 Å². The molecule has 0 atom stereocenters. The third-order valence-electron chi connectivity index (χ3n) is 9.63. The number of nitrogens with zero attached hydrogens (tertiary/aromatic N) is 2. The number of fused-ring (bicyclic) bond motifs is 5. The van der Waals surface area contributed by atoms with E-state index < -0.39 is 0 Å². The molecule has 2 heteroatoms. The zero-order valence-corrected chi connectivity index (χ0v) is 25.7. The van der Waals surface area contributed by atoms with E-state index in [9.17, 15) is 0 Å². The first kappa shape index (κ1) is 26.7. The first-order chi connectivity index (χ1) is 22.8. The highest BCUT2D eigenvalue weighted by molar-refractivity contribution is 6.11. The molecule has 1 aliphatic carbocycles. The molecule has 2 heterocycles. The van der Waals surface area contributed by atoms with Crippen molar-refractivity contribution in [2.24, 2.45) is 0 Å². The second kappa shape index (κ2) is 10.7. The van der Waals surface area contributed by atoms with Crippen LogP contribution in [-0.4, -0.2) is 9.55 Å². The maximum absolute atomic E-state index is 4.87. The number of aryl methyl sites for hydroxylation is 1. The summed E-state index contributed by atoms with van der Waals surface area (Å²) in [6, 6.07) is 48.6. The molecular formula is C44H32N2. The van der Waals surface area contributed by atoms with E-state index in [1.54, 1.807) is 0 Å². The summed E-state index contributed by atoms with van der Waals surface area (Å²) >= 11 is 0. The van der Waals surface area contributed by atoms with Crippen LogP contribution in [0.2, 0.25) is 0 Å². The van der Waals surface area contributed by atoms with Crippen molar-refractivity contribution >= 4 is 38.8 Å². The van der Waals surface area contributed by atoms with Crippen LogP contribution in [0.5, 0.6) is 0 Å². The molecule has 0 amide bonds. The van der Waals surface area contributed by atoms with Gasteiger partial charge in [0.2, 0.25) is 0 Å². The van der Waals surface area contributed by atoms with Crippen LogP contribution in [0, 0.1) is 6.92 Å². The van der Waals surface area contributed by atoms with Crippen molar-refractivity contribution in [1.29, 1.82) is 0 Å². The van der Waals surface area contributed by atoms with Gasteiger partial charge in [0.1, 0.15) is 0 Å². The Morgan fingerprint density at radius 2 is 1.30 bits per heavy atom. The van der Waals surface area contributed by atoms with Gasteiger partial charge in [0.05, 0.1) is 16.6 Å². The Hall–Kier alpha value is -5.73. The number of aromatic nitrogens is 2. The zero-order valence-electron chi connectivity index (χ0n) is 25.7. The Balaban J connectivity index is 1.25. The lowest BCUT2D eigenvalue weighted by atomic mass is 9.80. The van der Waals surface area contributed by atoms with E-state index in [0.717, 1.165) is 23.9 Å². The molecule has 218 valence electrons. The largest absolute Gasteiger partial charge is 0.307 e. The number of para-hydroxylation sites is 1. The Kier molecular flexibility index (Phi) is 6.21. The van der Waals surface area contributed by atoms with E-state index in [0.29, 0.717) is 0 Å². The number of pyridine rings is 1. The van der Waals surface area contributed by atoms with Gasteiger partial charge in [0, 0.05) is 17.3 Å². The molecule has 2 nitrogen and oxygen atoms in total. The molecule has 0 unspecified atom stereocenters. The van der Waals surface area contributed by atoms with Gasteiger partial charge in [-0.25, -0.2) is 0 Å². The minimum Gasteiger partial charge on any atom is -0.307 e. The van der Waals surface area contributed by atoms with Gasteiger partial charge in [-0.2, -0.15) is 0 Å². The molecule has 0 aliphatic heterocycles. The van der Waals surface area contributed by atoms with Gasteiger partial charge < -0.3 is 4.57 Å². The lowest BCUT2D eigenvalue weighted by Crippen LogP contribution is -2.02. The van der Waals surface area contributed by atoms with Crippen molar-refractivity contribution < 1.29 is 0 Å². The van der Waals surface area contributed by atoms with Crippen LogP contribution in [0.15, 0.2) is 146 Å². The maximum Gasteiger partial charge on any atom is 0.0963 e. The molecule has 8 aromatic rings. The molecule has 0 N–H and O–H groups in total. The predicted octanol–water partition coefficient (Wildman–Crippen LogP) is 11.6. The molecule has 6 aromatic carbocycles. The van der Waals surface area contributed by atoms with Crippen LogP contribution < -0.4 is 0 Å². The Labute approximate surface area is 268 Å². The highest BCUT2D eigenvalue weighted by atomic mass is 15.0. The molecule has 46 heavy (non-hydrogen) atoms. The summed E-state index contributed by atoms with van der Waals surface area (Å²) in [6.45, 7) is 2.17. The predicted molar refractivity (Wildman–Crippen MR) is 194 cm³/mol. The summed E-state index contributed by atoms with van der Waals surface area (Å²) in [6.07, 6.45) is 8.68. The molecular weight excluding hydrogens is 556 g/mol. The number of hydrogen-bond acceptors (Lipinski definition) is 1. The third-order valence-corrected chi connectivity index (χ3v) is 9.63. The van der Waals surface area contributed by atoms with Crippen LogP contribution in [0.25, 0.3) is 77.9 Å².